The van der Waals surface area contributed by atoms with Gasteiger partial charge in [-0.3, -0.25) is 0 Å². The number of hydrogen-bond acceptors (Lipinski definition) is 2. The van der Waals surface area contributed by atoms with Crippen LogP contribution in [-0.4, -0.2) is 16.8 Å². The van der Waals surface area contributed by atoms with Gasteiger partial charge in [-0.2, -0.15) is 0 Å². The molecule has 0 heterocycles. The van der Waals surface area contributed by atoms with Crippen LogP contribution in [0.15, 0.2) is 43.0 Å². The summed E-state index contributed by atoms with van der Waals surface area (Å²) in [7, 11) is 0. The van der Waals surface area contributed by atoms with Crippen LogP contribution in [0.2, 0.25) is 0 Å². The van der Waals surface area contributed by atoms with Crippen LogP contribution in [0.5, 0.6) is 0 Å². The minimum atomic E-state index is -0.735. The molecule has 0 spiro atoms. The lowest BCUT2D eigenvalue weighted by atomic mass is 10.1. The fraction of sp³-hybridized carbons (Fsp3) is 0.273. The predicted octanol–water partition coefficient (Wildman–Crippen LogP) is 1.90. The molecule has 2 nitrogen and oxygen atoms in total. The van der Waals surface area contributed by atoms with Gasteiger partial charge >= 0.3 is 0 Å². The first-order valence-electron chi connectivity index (χ1n) is 4.17. The van der Waals surface area contributed by atoms with Gasteiger partial charge in [-0.15, -0.1) is 6.58 Å². The summed E-state index contributed by atoms with van der Waals surface area (Å²) in [6, 6.07) is 9.08. The van der Waals surface area contributed by atoms with Crippen molar-refractivity contribution >= 4 is 0 Å². The zero-order chi connectivity index (χ0) is 10.1. The average molecular weight is 180 g/mol. The molecule has 0 bridgehead atoms. The van der Waals surface area contributed by atoms with E-state index >= 15 is 0 Å². The number of allylic oxidation sites excluding steroid dienone is 1. The van der Waals surface area contributed by atoms with E-state index in [1.165, 1.54) is 0 Å². The Hall–Kier alpha value is -1.12. The van der Waals surface area contributed by atoms with Crippen LogP contribution < -0.4 is 0 Å². The van der Waals surface area contributed by atoms with Gasteiger partial charge in [0.05, 0.1) is 6.61 Å². The molecule has 1 unspecified atom stereocenters. The second-order valence-corrected chi connectivity index (χ2v) is 2.52. The van der Waals surface area contributed by atoms with Crippen LogP contribution in [0.1, 0.15) is 18.6 Å². The first-order valence-corrected chi connectivity index (χ1v) is 4.17. The van der Waals surface area contributed by atoms with E-state index in [0.29, 0.717) is 0 Å². The van der Waals surface area contributed by atoms with Crippen molar-refractivity contribution in [2.45, 2.75) is 13.0 Å². The summed E-state index contributed by atoms with van der Waals surface area (Å²) >= 11 is 0. The van der Waals surface area contributed by atoms with Crippen LogP contribution in [0, 0.1) is 0 Å². The molecule has 0 aliphatic heterocycles. The molecule has 1 aromatic carbocycles. The zero-order valence-corrected chi connectivity index (χ0v) is 7.85. The summed E-state index contributed by atoms with van der Waals surface area (Å²) in [5, 5.41) is 17.6. The standard InChI is InChI=1S/C8H10O2.C3H6/c9-6-8(10)7-4-2-1-3-5-7;1-3-2/h1-5,8-10H,6H2;3H,1H2,2H3. The molecular formula is C11H16O2. The van der Waals surface area contributed by atoms with E-state index < -0.39 is 6.10 Å². The van der Waals surface area contributed by atoms with Crippen molar-refractivity contribution in [1.82, 2.24) is 0 Å². The monoisotopic (exact) mass is 180 g/mol. The molecule has 0 saturated heterocycles. The van der Waals surface area contributed by atoms with E-state index in [1.807, 2.05) is 25.1 Å². The Morgan fingerprint density at radius 3 is 2.23 bits per heavy atom. The molecule has 2 N–H and O–H groups in total. The third-order valence-electron chi connectivity index (χ3n) is 1.36. The van der Waals surface area contributed by atoms with Gasteiger partial charge in [0.2, 0.25) is 0 Å². The van der Waals surface area contributed by atoms with E-state index in [9.17, 15) is 0 Å². The number of aliphatic hydroxyl groups excluding tert-OH is 2. The zero-order valence-electron chi connectivity index (χ0n) is 7.85. The second-order valence-electron chi connectivity index (χ2n) is 2.52. The Kier molecular flexibility index (Phi) is 6.88. The highest BCUT2D eigenvalue weighted by Crippen LogP contribution is 2.09. The molecule has 0 aliphatic rings. The van der Waals surface area contributed by atoms with Gasteiger partial charge in [0.1, 0.15) is 6.10 Å². The van der Waals surface area contributed by atoms with Gasteiger partial charge in [0.15, 0.2) is 0 Å². The highest BCUT2D eigenvalue weighted by atomic mass is 16.3. The molecule has 1 atom stereocenters. The van der Waals surface area contributed by atoms with Gasteiger partial charge in [-0.05, 0) is 12.5 Å². The van der Waals surface area contributed by atoms with Gasteiger partial charge in [-0.1, -0.05) is 36.4 Å². The van der Waals surface area contributed by atoms with Gasteiger partial charge in [0, 0.05) is 0 Å². The SMILES string of the molecule is C=CC.OCC(O)c1ccccc1. The summed E-state index contributed by atoms with van der Waals surface area (Å²) in [5.41, 5.74) is 0.755. The maximum absolute atomic E-state index is 9.08. The minimum absolute atomic E-state index is 0.218. The van der Waals surface area contributed by atoms with E-state index in [0.717, 1.165) is 5.56 Å². The molecule has 0 fully saturated rings. The number of hydrogen-bond donors (Lipinski definition) is 2. The molecular weight excluding hydrogens is 164 g/mol. The number of benzene rings is 1. The van der Waals surface area contributed by atoms with Crippen LogP contribution in [0.25, 0.3) is 0 Å². The highest BCUT2D eigenvalue weighted by Gasteiger charge is 2.02. The summed E-state index contributed by atoms with van der Waals surface area (Å²) in [5.74, 6) is 0. The van der Waals surface area contributed by atoms with E-state index in [1.54, 1.807) is 18.2 Å². The second kappa shape index (κ2) is 7.53. The Balaban J connectivity index is 0.000000424. The summed E-state index contributed by atoms with van der Waals surface area (Å²) in [6.45, 7) is 5.03. The van der Waals surface area contributed by atoms with Crippen molar-refractivity contribution in [2.75, 3.05) is 6.61 Å². The summed E-state index contributed by atoms with van der Waals surface area (Å²) in [6.07, 6.45) is 1.01. The minimum Gasteiger partial charge on any atom is -0.393 e. The van der Waals surface area contributed by atoms with Crippen molar-refractivity contribution in [2.24, 2.45) is 0 Å². The lowest BCUT2D eigenvalue weighted by molar-refractivity contribution is 0.0956. The van der Waals surface area contributed by atoms with Gasteiger partial charge < -0.3 is 10.2 Å². The Bertz CT molecular complexity index is 219. The molecule has 0 amide bonds. The molecule has 1 rings (SSSR count). The maximum Gasteiger partial charge on any atom is 0.102 e. The van der Waals surface area contributed by atoms with Crippen molar-refractivity contribution in [3.8, 4) is 0 Å². The van der Waals surface area contributed by atoms with Crippen LogP contribution in [-0.2, 0) is 0 Å². The first-order chi connectivity index (χ1) is 6.26. The van der Waals surface area contributed by atoms with Crippen molar-refractivity contribution in [3.63, 3.8) is 0 Å². The van der Waals surface area contributed by atoms with Crippen molar-refractivity contribution in [1.29, 1.82) is 0 Å². The fourth-order valence-corrected chi connectivity index (χ4v) is 0.781. The molecule has 0 aliphatic carbocycles. The molecule has 2 heteroatoms. The van der Waals surface area contributed by atoms with Gasteiger partial charge in [0.25, 0.3) is 0 Å². The number of rotatable bonds is 2. The first kappa shape index (κ1) is 11.9. The third kappa shape index (κ3) is 5.17. The van der Waals surface area contributed by atoms with Crippen LogP contribution in [0.3, 0.4) is 0 Å². The average Bonchev–Trinajstić information content (AvgIpc) is 2.19. The summed E-state index contributed by atoms with van der Waals surface area (Å²) in [4.78, 5) is 0. The quantitative estimate of drug-likeness (QED) is 0.682. The van der Waals surface area contributed by atoms with Crippen molar-refractivity contribution < 1.29 is 10.2 Å². The summed E-state index contributed by atoms with van der Waals surface area (Å²) < 4.78 is 0. The molecule has 0 radical (unpaired) electrons. The molecule has 72 valence electrons. The fourth-order valence-electron chi connectivity index (χ4n) is 0.781. The molecule has 13 heavy (non-hydrogen) atoms. The lowest BCUT2D eigenvalue weighted by Crippen LogP contribution is -2.01. The van der Waals surface area contributed by atoms with Crippen molar-refractivity contribution in [3.05, 3.63) is 48.6 Å². The maximum atomic E-state index is 9.08. The molecule has 1 aromatic rings. The normalized spacial score (nSPS) is 11.0. The number of aliphatic hydroxyl groups is 2. The highest BCUT2D eigenvalue weighted by molar-refractivity contribution is 5.16. The Labute approximate surface area is 79.2 Å². The van der Waals surface area contributed by atoms with Crippen LogP contribution in [0.4, 0.5) is 0 Å². The lowest BCUT2D eigenvalue weighted by Gasteiger charge is -2.05. The van der Waals surface area contributed by atoms with E-state index in [-0.39, 0.29) is 6.61 Å². The van der Waals surface area contributed by atoms with Gasteiger partial charge in [-0.25, -0.2) is 0 Å². The molecule has 0 saturated carbocycles. The van der Waals surface area contributed by atoms with E-state index in [4.69, 9.17) is 10.2 Å². The Morgan fingerprint density at radius 1 is 1.38 bits per heavy atom. The Morgan fingerprint density at radius 2 is 1.85 bits per heavy atom. The topological polar surface area (TPSA) is 40.5 Å². The van der Waals surface area contributed by atoms with Crippen LogP contribution >= 0.6 is 0 Å². The largest absolute Gasteiger partial charge is 0.393 e. The smallest absolute Gasteiger partial charge is 0.102 e. The van der Waals surface area contributed by atoms with E-state index in [2.05, 4.69) is 6.58 Å². The molecule has 0 aromatic heterocycles. The predicted molar refractivity (Wildman–Crippen MR) is 54.4 cm³/mol. The third-order valence-corrected chi connectivity index (χ3v) is 1.36.